The number of nitro groups is 1. The van der Waals surface area contributed by atoms with Crippen molar-refractivity contribution in [2.24, 2.45) is 4.99 Å². The number of nitrogens with zero attached hydrogens (tertiary/aromatic N) is 4. The van der Waals surface area contributed by atoms with Gasteiger partial charge in [0.25, 0.3) is 11.6 Å². The van der Waals surface area contributed by atoms with Crippen molar-refractivity contribution in [3.63, 3.8) is 0 Å². The Kier molecular flexibility index (Phi) is 7.98. The van der Waals surface area contributed by atoms with Crippen LogP contribution in [0.25, 0.3) is 10.2 Å². The van der Waals surface area contributed by atoms with E-state index in [2.05, 4.69) is 10.9 Å². The molecule has 0 radical (unpaired) electrons. The van der Waals surface area contributed by atoms with Crippen molar-refractivity contribution in [1.29, 1.82) is 0 Å². The van der Waals surface area contributed by atoms with Gasteiger partial charge in [0, 0.05) is 30.8 Å². The highest BCUT2D eigenvalue weighted by Crippen LogP contribution is 2.23. The molecule has 0 bridgehead atoms. The molecule has 0 N–H and O–H groups in total. The third-order valence-electron chi connectivity index (χ3n) is 5.01. The first-order valence-corrected chi connectivity index (χ1v) is 12.9. The fourth-order valence-corrected chi connectivity index (χ4v) is 6.05. The number of fused-ring (bicyclic) bond motifs is 1. The summed E-state index contributed by atoms with van der Waals surface area (Å²) in [5.41, 5.74) is 0.634. The summed E-state index contributed by atoms with van der Waals surface area (Å²) < 4.78 is 29.5. The second-order valence-corrected chi connectivity index (χ2v) is 10.4. The summed E-state index contributed by atoms with van der Waals surface area (Å²) >= 11 is 1.18. The number of sulfonamides is 1. The predicted molar refractivity (Wildman–Crippen MR) is 131 cm³/mol. The molecule has 3 aromatic rings. The molecule has 1 heterocycles. The predicted octanol–water partition coefficient (Wildman–Crippen LogP) is 3.80. The Hall–Kier alpha value is -3.33. The lowest BCUT2D eigenvalue weighted by Gasteiger charge is -2.21. The molecule has 0 fully saturated rings. The van der Waals surface area contributed by atoms with Gasteiger partial charge in [-0.3, -0.25) is 14.9 Å². The average Bonchev–Trinajstić information content (AvgIpc) is 3.15. The highest BCUT2D eigenvalue weighted by atomic mass is 32.2. The van der Waals surface area contributed by atoms with E-state index in [4.69, 9.17) is 6.42 Å². The number of hydrogen-bond acceptors (Lipinski definition) is 6. The molecule has 0 saturated heterocycles. The number of hydrogen-bond donors (Lipinski definition) is 0. The minimum atomic E-state index is -3.66. The third kappa shape index (κ3) is 5.25. The van der Waals surface area contributed by atoms with Gasteiger partial charge in [-0.05, 0) is 43.2 Å². The molecule has 0 spiro atoms. The summed E-state index contributed by atoms with van der Waals surface area (Å²) in [6.45, 7) is 4.76. The van der Waals surface area contributed by atoms with E-state index in [9.17, 15) is 23.3 Å². The summed E-state index contributed by atoms with van der Waals surface area (Å²) in [6, 6.07) is 10.0. The van der Waals surface area contributed by atoms with Crippen molar-refractivity contribution in [3.05, 3.63) is 62.9 Å². The van der Waals surface area contributed by atoms with Crippen molar-refractivity contribution in [3.8, 4) is 12.3 Å². The maximum absolute atomic E-state index is 12.9. The smallest absolute Gasteiger partial charge is 0.279 e. The summed E-state index contributed by atoms with van der Waals surface area (Å²) in [5.74, 6) is 1.90. The van der Waals surface area contributed by atoms with Gasteiger partial charge in [-0.15, -0.1) is 6.42 Å². The fourth-order valence-electron chi connectivity index (χ4n) is 3.42. The number of carbonyl (C=O) groups excluding carboxylic acids is 1. The van der Waals surface area contributed by atoms with Gasteiger partial charge in [-0.2, -0.15) is 9.30 Å². The lowest BCUT2D eigenvalue weighted by Crippen LogP contribution is -2.32. The summed E-state index contributed by atoms with van der Waals surface area (Å²) in [5, 5.41) is 11.1. The van der Waals surface area contributed by atoms with Crippen LogP contribution >= 0.6 is 11.3 Å². The van der Waals surface area contributed by atoms with Crippen LogP contribution < -0.4 is 4.80 Å². The van der Waals surface area contributed by atoms with Crippen LogP contribution in [-0.4, -0.2) is 41.2 Å². The first-order valence-electron chi connectivity index (χ1n) is 10.6. The molecule has 11 heteroatoms. The molecule has 2 aromatic carbocycles. The Labute approximate surface area is 201 Å². The van der Waals surface area contributed by atoms with E-state index >= 15 is 0 Å². The fraction of sp³-hybridized carbons (Fsp3) is 0.304. The summed E-state index contributed by atoms with van der Waals surface area (Å²) in [7, 11) is -3.66. The van der Waals surface area contributed by atoms with E-state index < -0.39 is 20.9 Å². The zero-order chi connectivity index (χ0) is 24.9. The van der Waals surface area contributed by atoms with Gasteiger partial charge in [0.1, 0.15) is 0 Å². The number of aromatic nitrogens is 1. The Morgan fingerprint density at radius 3 is 2.38 bits per heavy atom. The molecule has 9 nitrogen and oxygen atoms in total. The van der Waals surface area contributed by atoms with Crippen LogP contribution in [0.4, 0.5) is 5.69 Å². The Morgan fingerprint density at radius 1 is 1.18 bits per heavy atom. The molecule has 1 aromatic heterocycles. The second kappa shape index (κ2) is 10.7. The summed E-state index contributed by atoms with van der Waals surface area (Å²) in [6.07, 6.45) is 6.85. The zero-order valence-corrected chi connectivity index (χ0v) is 20.4. The molecule has 34 heavy (non-hydrogen) atoms. The van der Waals surface area contributed by atoms with Crippen LogP contribution in [0.5, 0.6) is 0 Å². The molecule has 1 amide bonds. The number of carbonyl (C=O) groups is 1. The van der Waals surface area contributed by atoms with Crippen molar-refractivity contribution in [1.82, 2.24) is 8.87 Å². The van der Waals surface area contributed by atoms with Gasteiger partial charge in [0.05, 0.1) is 26.6 Å². The van der Waals surface area contributed by atoms with Crippen molar-refractivity contribution < 1.29 is 18.1 Å². The van der Waals surface area contributed by atoms with Crippen molar-refractivity contribution in [2.75, 3.05) is 13.1 Å². The van der Waals surface area contributed by atoms with E-state index in [1.54, 1.807) is 10.6 Å². The molecule has 0 aliphatic rings. The standard InChI is InChI=1S/C23H24N4O5S2/c1-4-13-25(14-5-2)34(31,32)19-10-7-17(8-11-19)22(28)24-23-26(15-6-3)20-16-18(27(29)30)9-12-21(20)33-23/h3,7-12,16H,4-5,13-15H2,1-2H3. The van der Waals surface area contributed by atoms with Gasteiger partial charge in [-0.25, -0.2) is 8.42 Å². The highest BCUT2D eigenvalue weighted by molar-refractivity contribution is 7.89. The normalized spacial score (nSPS) is 12.2. The van der Waals surface area contributed by atoms with Crippen molar-refractivity contribution in [2.45, 2.75) is 38.1 Å². The monoisotopic (exact) mass is 500 g/mol. The molecule has 178 valence electrons. The lowest BCUT2D eigenvalue weighted by molar-refractivity contribution is -0.384. The van der Waals surface area contributed by atoms with E-state index in [1.165, 1.54) is 52.0 Å². The van der Waals surface area contributed by atoms with E-state index in [0.717, 1.165) is 0 Å². The number of benzene rings is 2. The van der Waals surface area contributed by atoms with Crippen LogP contribution in [0.3, 0.4) is 0 Å². The minimum Gasteiger partial charge on any atom is -0.304 e. The second-order valence-electron chi connectivity index (χ2n) is 7.43. The molecule has 3 rings (SSSR count). The minimum absolute atomic E-state index is 0.0785. The number of rotatable bonds is 9. The van der Waals surface area contributed by atoms with Crippen LogP contribution in [0.1, 0.15) is 37.0 Å². The molecule has 0 unspecified atom stereocenters. The lowest BCUT2D eigenvalue weighted by atomic mass is 10.2. The van der Waals surface area contributed by atoms with E-state index in [0.29, 0.717) is 40.9 Å². The number of terminal acetylenes is 1. The molecule has 0 saturated carbocycles. The first kappa shape index (κ1) is 25.3. The first-order chi connectivity index (χ1) is 16.2. The SMILES string of the molecule is C#CCn1c(=NC(=O)c2ccc(S(=O)(=O)N(CCC)CCC)cc2)sc2ccc([N+](=O)[O-])cc21. The quantitative estimate of drug-likeness (QED) is 0.252. The van der Waals surface area contributed by atoms with Gasteiger partial charge >= 0.3 is 0 Å². The number of amides is 1. The summed E-state index contributed by atoms with van der Waals surface area (Å²) in [4.78, 5) is 28.0. The maximum atomic E-state index is 12.9. The number of nitro benzene ring substituents is 1. The van der Waals surface area contributed by atoms with E-state index in [-0.39, 0.29) is 22.7 Å². The van der Waals surface area contributed by atoms with Crippen molar-refractivity contribution >= 4 is 43.2 Å². The van der Waals surface area contributed by atoms with Crippen LogP contribution in [0.2, 0.25) is 0 Å². The Bertz CT molecular complexity index is 1420. The highest BCUT2D eigenvalue weighted by Gasteiger charge is 2.23. The molecule has 0 aliphatic carbocycles. The molecule has 0 atom stereocenters. The third-order valence-corrected chi connectivity index (χ3v) is 7.98. The number of non-ortho nitro benzene ring substituents is 1. The largest absolute Gasteiger partial charge is 0.304 e. The Balaban J connectivity index is 1.98. The van der Waals surface area contributed by atoms with Crippen LogP contribution in [0.15, 0.2) is 52.4 Å². The number of thiazole rings is 1. The maximum Gasteiger partial charge on any atom is 0.279 e. The zero-order valence-electron chi connectivity index (χ0n) is 18.8. The van der Waals surface area contributed by atoms with Gasteiger partial charge in [0.15, 0.2) is 4.80 Å². The van der Waals surface area contributed by atoms with Crippen LogP contribution in [0, 0.1) is 22.5 Å². The molecular formula is C23H24N4O5S2. The Morgan fingerprint density at radius 2 is 1.82 bits per heavy atom. The molecular weight excluding hydrogens is 476 g/mol. The average molecular weight is 501 g/mol. The molecule has 0 aliphatic heterocycles. The van der Waals surface area contributed by atoms with Gasteiger partial charge in [0.2, 0.25) is 10.0 Å². The van der Waals surface area contributed by atoms with Crippen LogP contribution in [-0.2, 0) is 16.6 Å². The van der Waals surface area contributed by atoms with Gasteiger partial charge in [-0.1, -0.05) is 31.1 Å². The van der Waals surface area contributed by atoms with Gasteiger partial charge < -0.3 is 4.57 Å². The topological polar surface area (TPSA) is 115 Å². The van der Waals surface area contributed by atoms with E-state index in [1.807, 2.05) is 13.8 Å².